The Hall–Kier alpha value is -2.17. The summed E-state index contributed by atoms with van der Waals surface area (Å²) in [5, 5.41) is 13.4. The van der Waals surface area contributed by atoms with E-state index in [9.17, 15) is 19.3 Å². The minimum Gasteiger partial charge on any atom is -0.432 e. The van der Waals surface area contributed by atoms with Gasteiger partial charge in [0, 0.05) is 6.20 Å². The Morgan fingerprint density at radius 2 is 1.74 bits per heavy atom. The van der Waals surface area contributed by atoms with Crippen LogP contribution in [0.3, 0.4) is 0 Å². The van der Waals surface area contributed by atoms with E-state index in [2.05, 4.69) is 21.4 Å². The van der Waals surface area contributed by atoms with E-state index in [0.717, 1.165) is 0 Å². The van der Waals surface area contributed by atoms with Crippen molar-refractivity contribution in [3.8, 4) is 0 Å². The minimum atomic E-state index is -4.74. The van der Waals surface area contributed by atoms with E-state index in [1.165, 1.54) is 17.2 Å². The largest absolute Gasteiger partial charge is 0.510 e. The number of carbonyl (C=O) groups excluding carboxylic acids is 2. The third-order valence-corrected chi connectivity index (χ3v) is 6.71. The first-order valence-corrected chi connectivity index (χ1v) is 13.7. The Labute approximate surface area is 229 Å². The van der Waals surface area contributed by atoms with Gasteiger partial charge in [-0.1, -0.05) is 6.58 Å². The zero-order valence-corrected chi connectivity index (χ0v) is 23.5. The predicted octanol–water partition coefficient (Wildman–Crippen LogP) is 2.39. The molecule has 0 aliphatic carbocycles. The van der Waals surface area contributed by atoms with Crippen LogP contribution in [0.1, 0.15) is 27.7 Å². The molecule has 0 aromatic rings. The molecular formula is C21H34ClFN3O12P. The first-order chi connectivity index (χ1) is 18.2. The normalized spacial score (nSPS) is 27.0. The number of aliphatic hydroxyl groups is 1. The number of hydrogen-bond acceptors (Lipinski definition) is 15. The number of hydrogen-bond donors (Lipinski definition) is 3. The average Bonchev–Trinajstić information content (AvgIpc) is 3.07. The summed E-state index contributed by atoms with van der Waals surface area (Å²) in [4.78, 5) is 24.4. The monoisotopic (exact) mass is 605 g/mol. The van der Waals surface area contributed by atoms with E-state index in [1.54, 1.807) is 27.7 Å². The molecule has 0 saturated carbocycles. The molecule has 18 heteroatoms. The zero-order chi connectivity index (χ0) is 29.4. The van der Waals surface area contributed by atoms with Crippen molar-refractivity contribution in [2.45, 2.75) is 70.2 Å². The maximum Gasteiger partial charge on any atom is 0.510 e. The van der Waals surface area contributed by atoms with Gasteiger partial charge in [-0.25, -0.2) is 27.6 Å². The molecule has 2 heterocycles. The molecule has 1 saturated heterocycles. The maximum absolute atomic E-state index is 15.2. The number of phosphoric acid groups is 1. The molecule has 2 rings (SSSR count). The van der Waals surface area contributed by atoms with Crippen LogP contribution in [0.2, 0.25) is 0 Å². The van der Waals surface area contributed by atoms with Crippen molar-refractivity contribution >= 4 is 31.7 Å². The van der Waals surface area contributed by atoms with Crippen molar-refractivity contribution in [3.05, 3.63) is 24.7 Å². The van der Waals surface area contributed by atoms with E-state index in [1.807, 2.05) is 0 Å². The van der Waals surface area contributed by atoms with Crippen molar-refractivity contribution in [1.29, 1.82) is 0 Å². The summed E-state index contributed by atoms with van der Waals surface area (Å²) in [6.07, 6.45) is -6.31. The number of nitrogens with one attached hydrogen (secondary N) is 1. The van der Waals surface area contributed by atoms with Crippen LogP contribution in [0.15, 0.2) is 24.7 Å². The van der Waals surface area contributed by atoms with Crippen molar-refractivity contribution in [3.63, 3.8) is 0 Å². The molecule has 224 valence electrons. The van der Waals surface area contributed by atoms with Gasteiger partial charge in [0.25, 0.3) is 0 Å². The summed E-state index contributed by atoms with van der Waals surface area (Å²) >= 11 is 6.04. The SMILES string of the molecule is C=C1NC(N)C=CN1[C@@H]1O[C@](CCl)(COP(=O)(OCOC(=O)OC(C)C)OCOC(=O)OC(C)C)[C@@H](O)[C@H]1F. The third-order valence-electron chi connectivity index (χ3n) is 4.97. The molecule has 0 aromatic heterocycles. The van der Waals surface area contributed by atoms with E-state index < -0.39 is 88.7 Å². The number of aliphatic hydroxyl groups excluding tert-OH is 1. The van der Waals surface area contributed by atoms with Crippen molar-refractivity contribution in [1.82, 2.24) is 10.2 Å². The minimum absolute atomic E-state index is 0.185. The molecule has 1 fully saturated rings. The predicted molar refractivity (Wildman–Crippen MR) is 131 cm³/mol. The van der Waals surface area contributed by atoms with Gasteiger partial charge in [0.05, 0.1) is 30.9 Å². The summed E-state index contributed by atoms with van der Waals surface area (Å²) in [7, 11) is -4.74. The maximum atomic E-state index is 15.2. The topological polar surface area (TPSA) is 187 Å². The van der Waals surface area contributed by atoms with Gasteiger partial charge in [-0.05, 0) is 33.8 Å². The third kappa shape index (κ3) is 9.46. The summed E-state index contributed by atoms with van der Waals surface area (Å²) in [6, 6.07) is 0. The molecule has 5 atom stereocenters. The van der Waals surface area contributed by atoms with Crippen molar-refractivity contribution in [2.24, 2.45) is 5.73 Å². The quantitative estimate of drug-likeness (QED) is 0.120. The first kappa shape index (κ1) is 33.0. The van der Waals surface area contributed by atoms with Crippen LogP contribution >= 0.6 is 19.4 Å². The van der Waals surface area contributed by atoms with Crippen LogP contribution in [0.4, 0.5) is 14.0 Å². The lowest BCUT2D eigenvalue weighted by atomic mass is 9.99. The highest BCUT2D eigenvalue weighted by molar-refractivity contribution is 7.48. The first-order valence-electron chi connectivity index (χ1n) is 11.7. The van der Waals surface area contributed by atoms with Gasteiger partial charge in [-0.15, -0.1) is 11.6 Å². The lowest BCUT2D eigenvalue weighted by molar-refractivity contribution is -0.125. The Morgan fingerprint density at radius 3 is 2.21 bits per heavy atom. The lowest BCUT2D eigenvalue weighted by Crippen LogP contribution is -2.49. The highest BCUT2D eigenvalue weighted by Crippen LogP contribution is 2.51. The van der Waals surface area contributed by atoms with Gasteiger partial charge in [0.15, 0.2) is 12.4 Å². The molecule has 0 radical (unpaired) electrons. The second kappa shape index (κ2) is 14.5. The van der Waals surface area contributed by atoms with Crippen LogP contribution in [-0.2, 0) is 41.8 Å². The number of carbonyl (C=O) groups is 2. The number of ether oxygens (including phenoxy) is 5. The molecule has 0 amide bonds. The summed E-state index contributed by atoms with van der Waals surface area (Å²) < 4.78 is 68.1. The van der Waals surface area contributed by atoms with Crippen LogP contribution in [0.5, 0.6) is 0 Å². The summed E-state index contributed by atoms with van der Waals surface area (Å²) in [6.45, 7) is 7.21. The molecule has 2 aliphatic heterocycles. The Balaban J connectivity index is 2.12. The Kier molecular flexibility index (Phi) is 12.2. The number of alkyl halides is 2. The standard InChI is InChI=1S/C21H34ClFN3O12P/c1-12(2)36-19(28)31-10-34-39(30,35-11-32-20(29)37-13(3)4)33-9-21(8-22)17(27)16(23)18(38-21)26-7-6-15(24)25-14(26)5/h6-7,12-13,15-18,25,27H,5,8-11,24H2,1-4H3/t15?,16-,17+,18-,21-/m1/s1. The molecule has 0 aromatic carbocycles. The number of nitrogens with two attached hydrogens (primary N) is 1. The fraction of sp³-hybridized carbons (Fsp3) is 0.714. The van der Waals surface area contributed by atoms with E-state index >= 15 is 4.39 Å². The number of phosphoric ester groups is 1. The van der Waals surface area contributed by atoms with Gasteiger partial charge >= 0.3 is 20.1 Å². The van der Waals surface area contributed by atoms with Crippen LogP contribution in [0, 0.1) is 0 Å². The smallest absolute Gasteiger partial charge is 0.432 e. The second-order valence-electron chi connectivity index (χ2n) is 8.80. The fourth-order valence-electron chi connectivity index (χ4n) is 3.16. The van der Waals surface area contributed by atoms with Gasteiger partial charge in [-0.3, -0.25) is 4.52 Å². The van der Waals surface area contributed by atoms with Gasteiger partial charge in [-0.2, -0.15) is 0 Å². The highest BCUT2D eigenvalue weighted by Gasteiger charge is 2.58. The second-order valence-corrected chi connectivity index (χ2v) is 10.7. The summed E-state index contributed by atoms with van der Waals surface area (Å²) in [5.74, 6) is -0.347. The molecule has 0 spiro atoms. The number of nitrogens with zero attached hydrogens (tertiary/aromatic N) is 1. The zero-order valence-electron chi connectivity index (χ0n) is 21.8. The van der Waals surface area contributed by atoms with E-state index in [4.69, 9.17) is 45.1 Å². The molecular weight excluding hydrogens is 572 g/mol. The molecule has 15 nitrogen and oxygen atoms in total. The van der Waals surface area contributed by atoms with E-state index in [0.29, 0.717) is 0 Å². The van der Waals surface area contributed by atoms with Crippen LogP contribution < -0.4 is 11.1 Å². The lowest BCUT2D eigenvalue weighted by Gasteiger charge is -2.36. The van der Waals surface area contributed by atoms with Crippen LogP contribution in [-0.4, -0.2) is 90.9 Å². The number of rotatable bonds is 13. The fourth-order valence-corrected chi connectivity index (χ4v) is 4.42. The summed E-state index contributed by atoms with van der Waals surface area (Å²) in [5.41, 5.74) is 3.78. The molecule has 2 aliphatic rings. The average molecular weight is 606 g/mol. The van der Waals surface area contributed by atoms with Gasteiger partial charge in [0.1, 0.15) is 17.5 Å². The highest BCUT2D eigenvalue weighted by atomic mass is 35.5. The van der Waals surface area contributed by atoms with E-state index in [-0.39, 0.29) is 5.82 Å². The van der Waals surface area contributed by atoms with Gasteiger partial charge < -0.3 is 44.7 Å². The van der Waals surface area contributed by atoms with Gasteiger partial charge in [0.2, 0.25) is 13.6 Å². The van der Waals surface area contributed by atoms with Crippen molar-refractivity contribution in [2.75, 3.05) is 26.1 Å². The molecule has 39 heavy (non-hydrogen) atoms. The number of halogens is 2. The Morgan fingerprint density at radius 1 is 1.21 bits per heavy atom. The Bertz CT molecular complexity index is 912. The van der Waals surface area contributed by atoms with Crippen LogP contribution in [0.25, 0.3) is 0 Å². The molecule has 0 bridgehead atoms. The van der Waals surface area contributed by atoms with Crippen molar-refractivity contribution < 1.29 is 60.9 Å². The molecule has 1 unspecified atom stereocenters. The molecule has 4 N–H and O–H groups in total.